The predicted molar refractivity (Wildman–Crippen MR) is 74.3 cm³/mol. The van der Waals surface area contributed by atoms with E-state index in [0.29, 0.717) is 12.2 Å². The van der Waals surface area contributed by atoms with Crippen molar-refractivity contribution in [3.05, 3.63) is 47.2 Å². The molecule has 0 N–H and O–H groups in total. The highest BCUT2D eigenvalue weighted by Gasteiger charge is 2.25. The molecule has 0 bridgehead atoms. The van der Waals surface area contributed by atoms with Gasteiger partial charge in [-0.1, -0.05) is 24.3 Å². The molecule has 98 valence electrons. The molecule has 0 spiro atoms. The maximum atomic E-state index is 12.1. The van der Waals surface area contributed by atoms with E-state index in [1.165, 1.54) is 5.56 Å². The fraction of sp³-hybridized carbons (Fsp3) is 0.312. The van der Waals surface area contributed by atoms with Gasteiger partial charge in [0.1, 0.15) is 0 Å². The number of aromatic nitrogens is 1. The molecule has 2 aromatic rings. The van der Waals surface area contributed by atoms with Crippen LogP contribution in [-0.4, -0.2) is 17.1 Å². The van der Waals surface area contributed by atoms with Crippen LogP contribution in [0.2, 0.25) is 0 Å². The van der Waals surface area contributed by atoms with Crippen LogP contribution in [0.3, 0.4) is 0 Å². The molecular weight excluding hydrogens is 238 g/mol. The summed E-state index contributed by atoms with van der Waals surface area (Å²) in [6.45, 7) is 5.21. The number of esters is 1. The van der Waals surface area contributed by atoms with Gasteiger partial charge < -0.3 is 9.30 Å². The van der Waals surface area contributed by atoms with Crippen molar-refractivity contribution in [1.82, 2.24) is 4.57 Å². The zero-order valence-corrected chi connectivity index (χ0v) is 11.3. The Morgan fingerprint density at radius 3 is 2.95 bits per heavy atom. The monoisotopic (exact) mass is 255 g/mol. The highest BCUT2D eigenvalue weighted by Crippen LogP contribution is 2.34. The summed E-state index contributed by atoms with van der Waals surface area (Å²) >= 11 is 0. The second kappa shape index (κ2) is 4.57. The highest BCUT2D eigenvalue weighted by atomic mass is 16.5. The number of hydrogen-bond acceptors (Lipinski definition) is 2. The number of carbonyl (C=O) groups is 1. The first-order chi connectivity index (χ1) is 9.22. The van der Waals surface area contributed by atoms with Gasteiger partial charge in [-0.15, -0.1) is 0 Å². The lowest BCUT2D eigenvalue weighted by Gasteiger charge is -2.21. The van der Waals surface area contributed by atoms with Crippen LogP contribution in [0.5, 0.6) is 0 Å². The van der Waals surface area contributed by atoms with Gasteiger partial charge in [0, 0.05) is 17.8 Å². The first kappa shape index (κ1) is 12.0. The van der Waals surface area contributed by atoms with Crippen LogP contribution in [0.4, 0.5) is 0 Å². The Kier molecular flexibility index (Phi) is 2.90. The van der Waals surface area contributed by atoms with E-state index in [-0.39, 0.29) is 5.97 Å². The van der Waals surface area contributed by atoms with E-state index < -0.39 is 0 Å². The quantitative estimate of drug-likeness (QED) is 0.772. The molecule has 0 amide bonds. The van der Waals surface area contributed by atoms with Crippen LogP contribution in [0.25, 0.3) is 11.3 Å². The Morgan fingerprint density at radius 2 is 2.16 bits per heavy atom. The Bertz CT molecular complexity index is 640. The molecule has 0 unspecified atom stereocenters. The SMILES string of the molecule is CCOC(=O)c1cc(C)n2c1-c1ccccc1CC2. The van der Waals surface area contributed by atoms with Crippen molar-refractivity contribution in [2.75, 3.05) is 6.61 Å². The molecule has 0 saturated carbocycles. The van der Waals surface area contributed by atoms with Crippen LogP contribution < -0.4 is 0 Å². The van der Waals surface area contributed by atoms with E-state index in [1.807, 2.05) is 32.0 Å². The maximum Gasteiger partial charge on any atom is 0.340 e. The summed E-state index contributed by atoms with van der Waals surface area (Å²) in [5.74, 6) is -0.226. The van der Waals surface area contributed by atoms with Crippen molar-refractivity contribution in [3.63, 3.8) is 0 Å². The maximum absolute atomic E-state index is 12.1. The molecule has 0 radical (unpaired) electrons. The summed E-state index contributed by atoms with van der Waals surface area (Å²) in [6.07, 6.45) is 1.01. The normalized spacial score (nSPS) is 12.7. The third kappa shape index (κ3) is 1.86. The molecule has 3 rings (SSSR count). The molecule has 1 aliphatic rings. The summed E-state index contributed by atoms with van der Waals surface area (Å²) in [5, 5.41) is 0. The molecule has 0 atom stereocenters. The lowest BCUT2D eigenvalue weighted by atomic mass is 9.96. The molecular formula is C16H17NO2. The van der Waals surface area contributed by atoms with Crippen LogP contribution in [0.15, 0.2) is 30.3 Å². The molecule has 19 heavy (non-hydrogen) atoms. The number of rotatable bonds is 2. The molecule has 0 aliphatic carbocycles. The van der Waals surface area contributed by atoms with Crippen LogP contribution in [0, 0.1) is 6.92 Å². The number of hydrogen-bond donors (Lipinski definition) is 0. The Morgan fingerprint density at radius 1 is 1.37 bits per heavy atom. The zero-order valence-electron chi connectivity index (χ0n) is 11.3. The van der Waals surface area contributed by atoms with Gasteiger partial charge in [0.25, 0.3) is 0 Å². The number of fused-ring (bicyclic) bond motifs is 3. The molecule has 0 saturated heterocycles. The average molecular weight is 255 g/mol. The van der Waals surface area contributed by atoms with Crippen molar-refractivity contribution in [1.29, 1.82) is 0 Å². The summed E-state index contributed by atoms with van der Waals surface area (Å²) < 4.78 is 7.39. The largest absolute Gasteiger partial charge is 0.462 e. The third-order valence-electron chi connectivity index (χ3n) is 3.68. The number of aryl methyl sites for hydroxylation is 2. The first-order valence-electron chi connectivity index (χ1n) is 6.68. The molecule has 3 heteroatoms. The Balaban J connectivity index is 2.19. The average Bonchev–Trinajstić information content (AvgIpc) is 2.77. The van der Waals surface area contributed by atoms with E-state index in [2.05, 4.69) is 16.7 Å². The van der Waals surface area contributed by atoms with E-state index in [0.717, 1.165) is 29.9 Å². The van der Waals surface area contributed by atoms with Gasteiger partial charge in [-0.05, 0) is 31.9 Å². The van der Waals surface area contributed by atoms with Gasteiger partial charge >= 0.3 is 5.97 Å². The third-order valence-corrected chi connectivity index (χ3v) is 3.68. The van der Waals surface area contributed by atoms with Gasteiger partial charge in [-0.2, -0.15) is 0 Å². The van der Waals surface area contributed by atoms with E-state index in [9.17, 15) is 4.79 Å². The van der Waals surface area contributed by atoms with Crippen molar-refractivity contribution < 1.29 is 9.53 Å². The van der Waals surface area contributed by atoms with Gasteiger partial charge in [0.15, 0.2) is 0 Å². The van der Waals surface area contributed by atoms with Crippen LogP contribution >= 0.6 is 0 Å². The second-order valence-electron chi connectivity index (χ2n) is 4.83. The van der Waals surface area contributed by atoms with Crippen molar-refractivity contribution >= 4 is 5.97 Å². The number of nitrogens with zero attached hydrogens (tertiary/aromatic N) is 1. The van der Waals surface area contributed by atoms with Crippen LogP contribution in [-0.2, 0) is 17.7 Å². The molecule has 0 fully saturated rings. The lowest BCUT2D eigenvalue weighted by Crippen LogP contribution is -2.14. The van der Waals surface area contributed by atoms with E-state index >= 15 is 0 Å². The molecule has 1 aromatic carbocycles. The lowest BCUT2D eigenvalue weighted by molar-refractivity contribution is 0.0527. The first-order valence-corrected chi connectivity index (χ1v) is 6.68. The fourth-order valence-corrected chi connectivity index (χ4v) is 2.82. The zero-order chi connectivity index (χ0) is 13.4. The van der Waals surface area contributed by atoms with E-state index in [1.54, 1.807) is 0 Å². The summed E-state index contributed by atoms with van der Waals surface area (Å²) in [7, 11) is 0. The standard InChI is InChI=1S/C16H17NO2/c1-3-19-16(18)14-10-11(2)17-9-8-12-6-4-5-7-13(12)15(14)17/h4-7,10H,3,8-9H2,1-2H3. The summed E-state index contributed by atoms with van der Waals surface area (Å²) in [6, 6.07) is 10.2. The smallest absolute Gasteiger partial charge is 0.340 e. The molecule has 3 nitrogen and oxygen atoms in total. The van der Waals surface area contributed by atoms with E-state index in [4.69, 9.17) is 4.74 Å². The highest BCUT2D eigenvalue weighted by molar-refractivity contribution is 5.97. The number of benzene rings is 1. The number of carbonyl (C=O) groups excluding carboxylic acids is 1. The predicted octanol–water partition coefficient (Wildman–Crippen LogP) is 3.20. The van der Waals surface area contributed by atoms with Gasteiger partial charge in [0.05, 0.1) is 17.9 Å². The van der Waals surface area contributed by atoms with Gasteiger partial charge in [0.2, 0.25) is 0 Å². The minimum Gasteiger partial charge on any atom is -0.462 e. The van der Waals surface area contributed by atoms with Crippen molar-refractivity contribution in [2.45, 2.75) is 26.8 Å². The topological polar surface area (TPSA) is 31.2 Å². The molecule has 1 aromatic heterocycles. The van der Waals surface area contributed by atoms with Crippen molar-refractivity contribution in [2.24, 2.45) is 0 Å². The molecule has 1 aliphatic heterocycles. The van der Waals surface area contributed by atoms with Crippen molar-refractivity contribution in [3.8, 4) is 11.3 Å². The number of ether oxygens (including phenoxy) is 1. The molecule has 2 heterocycles. The summed E-state index contributed by atoms with van der Waals surface area (Å²) in [4.78, 5) is 12.1. The second-order valence-corrected chi connectivity index (χ2v) is 4.83. The minimum absolute atomic E-state index is 0.226. The van der Waals surface area contributed by atoms with Crippen LogP contribution in [0.1, 0.15) is 28.5 Å². The Hall–Kier alpha value is -2.03. The minimum atomic E-state index is -0.226. The summed E-state index contributed by atoms with van der Waals surface area (Å²) in [5.41, 5.74) is 5.28. The van der Waals surface area contributed by atoms with Gasteiger partial charge in [-0.25, -0.2) is 4.79 Å². The fourth-order valence-electron chi connectivity index (χ4n) is 2.82. The van der Waals surface area contributed by atoms with Gasteiger partial charge in [-0.3, -0.25) is 0 Å². The Labute approximate surface area is 112 Å².